The number of ether oxygens (including phenoxy) is 1. The summed E-state index contributed by atoms with van der Waals surface area (Å²) in [6.07, 6.45) is -1.73. The average molecular weight is 545 g/mol. The number of anilines is 1. The van der Waals surface area contributed by atoms with E-state index in [1.54, 1.807) is 17.3 Å². The number of sulfonamides is 1. The lowest BCUT2D eigenvalue weighted by atomic mass is 10.2. The van der Waals surface area contributed by atoms with Gasteiger partial charge in [-0.25, -0.2) is 13.4 Å². The van der Waals surface area contributed by atoms with Crippen LogP contribution in [0.5, 0.6) is 5.75 Å². The Hall–Kier alpha value is -3.01. The molecule has 0 aliphatic carbocycles. The van der Waals surface area contributed by atoms with E-state index < -0.39 is 34.1 Å². The minimum atomic E-state index is -4.92. The van der Waals surface area contributed by atoms with Crippen molar-refractivity contribution in [3.05, 3.63) is 42.4 Å². The molecule has 1 aromatic carbocycles. The Labute approximate surface area is 212 Å². The molecule has 202 valence electrons. The molecule has 15 heteroatoms. The molecule has 0 bridgehead atoms. The summed E-state index contributed by atoms with van der Waals surface area (Å²) in [6, 6.07) is 2.20. The molecule has 0 spiro atoms. The number of alkyl halides is 3. The summed E-state index contributed by atoms with van der Waals surface area (Å²) in [7, 11) is -2.23. The number of carbonyl (C=O) groups is 1. The minimum Gasteiger partial charge on any atom is -0.480 e. The molecule has 0 radical (unpaired) electrons. The van der Waals surface area contributed by atoms with Crippen LogP contribution < -0.4 is 9.64 Å². The molecular weight excluding hydrogens is 517 g/mol. The number of rotatable bonds is 7. The Morgan fingerprint density at radius 3 is 2.30 bits per heavy atom. The largest absolute Gasteiger partial charge is 0.573 e. The molecule has 2 saturated heterocycles. The lowest BCUT2D eigenvalue weighted by Gasteiger charge is -2.38. The topological polar surface area (TPSA) is 119 Å². The summed E-state index contributed by atoms with van der Waals surface area (Å²) in [5.74, 6) is -1.51. The van der Waals surface area contributed by atoms with Gasteiger partial charge in [-0.3, -0.25) is 14.7 Å². The van der Waals surface area contributed by atoms with Crippen molar-refractivity contribution in [2.75, 3.05) is 57.8 Å². The predicted molar refractivity (Wildman–Crippen MR) is 125 cm³/mol. The Bertz CT molecular complexity index is 1190. The molecule has 2 aliphatic rings. The van der Waals surface area contributed by atoms with Gasteiger partial charge in [0.05, 0.1) is 23.0 Å². The van der Waals surface area contributed by atoms with Gasteiger partial charge in [0.2, 0.25) is 10.0 Å². The number of hydrogen-bond acceptors (Lipinski definition) is 9. The summed E-state index contributed by atoms with van der Waals surface area (Å²) in [5.41, 5.74) is 0.780. The fourth-order valence-electron chi connectivity index (χ4n) is 4.24. The van der Waals surface area contributed by atoms with Gasteiger partial charge in [-0.15, -0.1) is 13.2 Å². The molecule has 2 aromatic rings. The van der Waals surface area contributed by atoms with E-state index in [1.165, 1.54) is 0 Å². The van der Waals surface area contributed by atoms with Crippen LogP contribution in [0.2, 0.25) is 0 Å². The van der Waals surface area contributed by atoms with Crippen molar-refractivity contribution in [2.45, 2.75) is 23.8 Å². The smallest absolute Gasteiger partial charge is 0.480 e. The molecule has 0 amide bonds. The summed E-state index contributed by atoms with van der Waals surface area (Å²) < 4.78 is 68.1. The molecule has 3 heterocycles. The van der Waals surface area contributed by atoms with Crippen LogP contribution in [0.25, 0.3) is 0 Å². The van der Waals surface area contributed by atoms with Crippen molar-refractivity contribution in [3.8, 4) is 5.75 Å². The van der Waals surface area contributed by atoms with Crippen LogP contribution in [-0.4, -0.2) is 109 Å². The highest BCUT2D eigenvalue weighted by atomic mass is 32.2. The van der Waals surface area contributed by atoms with Crippen LogP contribution in [-0.2, 0) is 21.4 Å². The van der Waals surface area contributed by atoms with E-state index in [2.05, 4.69) is 31.6 Å². The standard InChI is InChI=1S/C22H27F3N6O5S/c1-28-6-8-29(9-7-28)14-16-12-27-20(13-26-16)30-10-11-31(19(15-30)21(32)33)37(34,35)18-4-2-17(3-5-18)36-22(23,24)25/h2-5,12-13,19H,6-11,14-15H2,1H3,(H,32,33)/t19-/m1/s1. The van der Waals surface area contributed by atoms with Crippen molar-refractivity contribution in [1.29, 1.82) is 0 Å². The number of benzene rings is 1. The second-order valence-electron chi connectivity index (χ2n) is 8.88. The zero-order chi connectivity index (χ0) is 26.8. The predicted octanol–water partition coefficient (Wildman–Crippen LogP) is 1.09. The van der Waals surface area contributed by atoms with Gasteiger partial charge in [0.25, 0.3) is 0 Å². The number of nitrogens with zero attached hydrogens (tertiary/aromatic N) is 6. The third-order valence-electron chi connectivity index (χ3n) is 6.28. The highest BCUT2D eigenvalue weighted by molar-refractivity contribution is 7.89. The van der Waals surface area contributed by atoms with E-state index in [1.807, 2.05) is 0 Å². The van der Waals surface area contributed by atoms with Gasteiger partial charge in [0.1, 0.15) is 17.6 Å². The second kappa shape index (κ2) is 10.8. The van der Waals surface area contributed by atoms with E-state index in [0.717, 1.165) is 60.4 Å². The van der Waals surface area contributed by atoms with E-state index >= 15 is 0 Å². The van der Waals surface area contributed by atoms with Crippen molar-refractivity contribution < 1.29 is 36.2 Å². The van der Waals surface area contributed by atoms with Crippen LogP contribution in [0.1, 0.15) is 5.69 Å². The highest BCUT2D eigenvalue weighted by Crippen LogP contribution is 2.27. The first-order valence-corrected chi connectivity index (χ1v) is 12.9. The molecule has 1 aromatic heterocycles. The van der Waals surface area contributed by atoms with Gasteiger partial charge in [0, 0.05) is 52.4 Å². The first-order chi connectivity index (χ1) is 17.4. The fourth-order valence-corrected chi connectivity index (χ4v) is 5.80. The monoisotopic (exact) mass is 544 g/mol. The maximum absolute atomic E-state index is 13.1. The summed E-state index contributed by atoms with van der Waals surface area (Å²) in [5, 5.41) is 9.78. The van der Waals surface area contributed by atoms with E-state index in [4.69, 9.17) is 0 Å². The van der Waals surface area contributed by atoms with Gasteiger partial charge in [-0.05, 0) is 31.3 Å². The number of halogens is 3. The Balaban J connectivity index is 1.43. The number of likely N-dealkylation sites (N-methyl/N-ethyl adjacent to an activating group) is 1. The van der Waals surface area contributed by atoms with E-state index in [9.17, 15) is 31.5 Å². The van der Waals surface area contributed by atoms with Gasteiger partial charge >= 0.3 is 12.3 Å². The molecule has 2 aliphatic heterocycles. The number of carboxylic acids is 1. The van der Waals surface area contributed by atoms with Crippen LogP contribution in [0.4, 0.5) is 19.0 Å². The number of hydrogen-bond donors (Lipinski definition) is 1. The zero-order valence-electron chi connectivity index (χ0n) is 20.0. The molecule has 4 rings (SSSR count). The van der Waals surface area contributed by atoms with Crippen molar-refractivity contribution in [3.63, 3.8) is 0 Å². The number of aromatic nitrogens is 2. The molecule has 11 nitrogen and oxygen atoms in total. The minimum absolute atomic E-state index is 0.158. The van der Waals surface area contributed by atoms with Crippen LogP contribution in [0, 0.1) is 0 Å². The lowest BCUT2D eigenvalue weighted by Crippen LogP contribution is -2.58. The van der Waals surface area contributed by atoms with Crippen molar-refractivity contribution in [2.24, 2.45) is 0 Å². The van der Waals surface area contributed by atoms with Crippen molar-refractivity contribution in [1.82, 2.24) is 24.1 Å². The van der Waals surface area contributed by atoms with Crippen LogP contribution in [0.3, 0.4) is 0 Å². The fraction of sp³-hybridized carbons (Fsp3) is 0.500. The lowest BCUT2D eigenvalue weighted by molar-refractivity contribution is -0.274. The summed E-state index contributed by atoms with van der Waals surface area (Å²) in [6.45, 7) is 4.27. The van der Waals surface area contributed by atoms with Gasteiger partial charge in [-0.1, -0.05) is 0 Å². The molecule has 2 fully saturated rings. The quantitative estimate of drug-likeness (QED) is 0.543. The number of piperazine rings is 2. The zero-order valence-corrected chi connectivity index (χ0v) is 20.8. The highest BCUT2D eigenvalue weighted by Gasteiger charge is 2.41. The van der Waals surface area contributed by atoms with Crippen LogP contribution in [0.15, 0.2) is 41.6 Å². The molecule has 0 saturated carbocycles. The number of aliphatic carboxylic acids is 1. The molecular formula is C22H27F3N6O5S. The SMILES string of the molecule is CN1CCN(Cc2cnc(N3CCN(S(=O)(=O)c4ccc(OC(F)(F)F)cc4)[C@@H](C(=O)O)C3)cn2)CC1. The Morgan fingerprint density at radius 2 is 1.73 bits per heavy atom. The van der Waals surface area contributed by atoms with E-state index in [-0.39, 0.29) is 24.5 Å². The van der Waals surface area contributed by atoms with E-state index in [0.29, 0.717) is 12.4 Å². The number of carboxylic acid groups (broad SMARTS) is 1. The Morgan fingerprint density at radius 1 is 1.05 bits per heavy atom. The maximum Gasteiger partial charge on any atom is 0.573 e. The second-order valence-corrected chi connectivity index (χ2v) is 10.8. The summed E-state index contributed by atoms with van der Waals surface area (Å²) >= 11 is 0. The molecule has 0 unspecified atom stereocenters. The molecule has 1 N–H and O–H groups in total. The molecule has 1 atom stereocenters. The maximum atomic E-state index is 13.1. The first kappa shape index (κ1) is 27.0. The van der Waals surface area contributed by atoms with Gasteiger partial charge in [-0.2, -0.15) is 4.31 Å². The average Bonchev–Trinajstić information content (AvgIpc) is 2.85. The molecule has 37 heavy (non-hydrogen) atoms. The first-order valence-electron chi connectivity index (χ1n) is 11.5. The van der Waals surface area contributed by atoms with Gasteiger partial charge < -0.3 is 19.6 Å². The third kappa shape index (κ3) is 6.66. The van der Waals surface area contributed by atoms with Crippen molar-refractivity contribution >= 4 is 21.8 Å². The van der Waals surface area contributed by atoms with Crippen LogP contribution >= 0.6 is 0 Å². The normalized spacial score (nSPS) is 20.6. The summed E-state index contributed by atoms with van der Waals surface area (Å²) in [4.78, 5) is 26.7. The van der Waals surface area contributed by atoms with Gasteiger partial charge in [0.15, 0.2) is 0 Å². The third-order valence-corrected chi connectivity index (χ3v) is 8.20. The Kier molecular flexibility index (Phi) is 7.87.